The minimum absolute atomic E-state index is 0. The van der Waals surface area contributed by atoms with Crippen molar-refractivity contribution in [1.29, 1.82) is 5.26 Å². The first-order valence-electron chi connectivity index (χ1n) is 13.7. The molecular formula is C29H37N9O2S. The van der Waals surface area contributed by atoms with E-state index in [9.17, 15) is 4.79 Å². The lowest BCUT2D eigenvalue weighted by Crippen LogP contribution is -2.56. The fraction of sp³-hybridized carbons (Fsp3) is 0.414. The maximum Gasteiger partial charge on any atom is 0.234 e. The summed E-state index contributed by atoms with van der Waals surface area (Å²) in [6, 6.07) is 14.5. The number of hydrogen-bond donors (Lipinski definition) is 3. The molecule has 0 spiro atoms. The quantitative estimate of drug-likeness (QED) is 0.399. The fourth-order valence-electron chi connectivity index (χ4n) is 4.96. The molecule has 1 amide bonds. The van der Waals surface area contributed by atoms with E-state index in [1.54, 1.807) is 18.6 Å². The highest BCUT2D eigenvalue weighted by atomic mass is 32.1. The maximum absolute atomic E-state index is 12.7. The van der Waals surface area contributed by atoms with Crippen LogP contribution in [0.15, 0.2) is 55.0 Å². The van der Waals surface area contributed by atoms with Gasteiger partial charge in [0.15, 0.2) is 0 Å². The van der Waals surface area contributed by atoms with Crippen LogP contribution in [0.5, 0.6) is 0 Å². The van der Waals surface area contributed by atoms with Crippen LogP contribution in [0.25, 0.3) is 11.1 Å². The van der Waals surface area contributed by atoms with Gasteiger partial charge in [-0.1, -0.05) is 12.1 Å². The molecule has 0 aliphatic carbocycles. The van der Waals surface area contributed by atoms with E-state index < -0.39 is 0 Å². The normalized spacial score (nSPS) is 21.0. The number of nitrogens with one attached hydrogen (secondary N) is 3. The van der Waals surface area contributed by atoms with Crippen LogP contribution in [0.2, 0.25) is 0 Å². The number of hydrogen-bond acceptors (Lipinski definition) is 10. The van der Waals surface area contributed by atoms with E-state index >= 15 is 0 Å². The molecule has 0 radical (unpaired) electrons. The highest BCUT2D eigenvalue weighted by molar-refractivity contribution is 7.59. The second-order valence-corrected chi connectivity index (χ2v) is 10.0. The highest BCUT2D eigenvalue weighted by Crippen LogP contribution is 2.24. The van der Waals surface area contributed by atoms with Crippen LogP contribution in [0.4, 0.5) is 17.5 Å². The van der Waals surface area contributed by atoms with Gasteiger partial charge in [-0.15, -0.1) is 0 Å². The van der Waals surface area contributed by atoms with Crippen molar-refractivity contribution in [3.05, 3.63) is 60.6 Å². The van der Waals surface area contributed by atoms with Crippen LogP contribution < -0.4 is 16.0 Å². The molecule has 5 aliphatic rings. The van der Waals surface area contributed by atoms with E-state index in [2.05, 4.69) is 58.9 Å². The molecule has 7 heterocycles. The van der Waals surface area contributed by atoms with Gasteiger partial charge in [-0.3, -0.25) is 14.6 Å². The highest BCUT2D eigenvalue weighted by Gasteiger charge is 2.28. The summed E-state index contributed by atoms with van der Waals surface area (Å²) in [5.41, 5.74) is 3.99. The molecule has 3 atom stereocenters. The van der Waals surface area contributed by atoms with E-state index in [4.69, 9.17) is 10.00 Å². The summed E-state index contributed by atoms with van der Waals surface area (Å²) in [7, 11) is 0. The van der Waals surface area contributed by atoms with Gasteiger partial charge in [-0.25, -0.2) is 15.0 Å². The smallest absolute Gasteiger partial charge is 0.234 e. The van der Waals surface area contributed by atoms with Crippen molar-refractivity contribution in [2.45, 2.75) is 25.4 Å². The van der Waals surface area contributed by atoms with Gasteiger partial charge in [-0.2, -0.15) is 18.8 Å². The Morgan fingerprint density at radius 2 is 1.88 bits per heavy atom. The Hall–Kier alpha value is -3.76. The summed E-state index contributed by atoms with van der Waals surface area (Å²) in [6.45, 7) is 5.61. The van der Waals surface area contributed by atoms with Crippen molar-refractivity contribution in [3.63, 3.8) is 0 Å². The fourth-order valence-corrected chi connectivity index (χ4v) is 4.96. The summed E-state index contributed by atoms with van der Waals surface area (Å²) in [4.78, 5) is 30.7. The summed E-state index contributed by atoms with van der Waals surface area (Å²) >= 11 is 0. The molecule has 41 heavy (non-hydrogen) atoms. The third-order valence-electron chi connectivity index (χ3n) is 7.01. The van der Waals surface area contributed by atoms with Crippen LogP contribution in [-0.2, 0) is 16.1 Å². The molecule has 2 aromatic heterocycles. The van der Waals surface area contributed by atoms with Crippen molar-refractivity contribution < 1.29 is 9.53 Å². The number of piperazine rings is 1. The minimum Gasteiger partial charge on any atom is -0.379 e. The van der Waals surface area contributed by atoms with Crippen LogP contribution in [0.1, 0.15) is 18.4 Å². The number of anilines is 3. The maximum atomic E-state index is 12.7. The van der Waals surface area contributed by atoms with Gasteiger partial charge in [0.05, 0.1) is 32.2 Å². The number of amides is 1. The van der Waals surface area contributed by atoms with Crippen molar-refractivity contribution in [1.82, 2.24) is 30.1 Å². The Balaban J connectivity index is 0.00000387. The summed E-state index contributed by atoms with van der Waals surface area (Å²) in [5, 5.41) is 18.6. The van der Waals surface area contributed by atoms with E-state index in [0.29, 0.717) is 45.2 Å². The number of benzene rings is 1. The molecule has 11 nitrogen and oxygen atoms in total. The van der Waals surface area contributed by atoms with Gasteiger partial charge < -0.3 is 20.7 Å². The predicted molar refractivity (Wildman–Crippen MR) is 163 cm³/mol. The lowest BCUT2D eigenvalue weighted by atomic mass is 10.1. The summed E-state index contributed by atoms with van der Waals surface area (Å²) in [5.74, 6) is 1.31. The van der Waals surface area contributed by atoms with Crippen molar-refractivity contribution >= 4 is 36.9 Å². The first-order valence-corrected chi connectivity index (χ1v) is 13.7. The van der Waals surface area contributed by atoms with Gasteiger partial charge in [0.2, 0.25) is 11.9 Å². The zero-order valence-electron chi connectivity index (χ0n) is 23.1. The number of aromatic nitrogens is 3. The molecule has 8 rings (SSSR count). The van der Waals surface area contributed by atoms with E-state index in [-0.39, 0.29) is 25.4 Å². The number of rotatable bonds is 4. The largest absolute Gasteiger partial charge is 0.379 e. The Bertz CT molecular complexity index is 1320. The zero-order valence-corrected chi connectivity index (χ0v) is 24.1. The molecule has 5 aliphatic heterocycles. The Morgan fingerprint density at radius 3 is 2.73 bits per heavy atom. The lowest BCUT2D eigenvalue weighted by Gasteiger charge is -2.41. The molecule has 3 unspecified atom stereocenters. The second-order valence-electron chi connectivity index (χ2n) is 10.0. The molecule has 3 N–H and O–H groups in total. The van der Waals surface area contributed by atoms with Gasteiger partial charge in [0.1, 0.15) is 5.82 Å². The topological polar surface area (TPSA) is 131 Å². The number of nitriles is 1. The van der Waals surface area contributed by atoms with Crippen molar-refractivity contribution in [2.24, 2.45) is 0 Å². The average Bonchev–Trinajstić information content (AvgIpc) is 2.97. The molecule has 3 aromatic rings. The molecule has 1 fully saturated rings. The van der Waals surface area contributed by atoms with Crippen molar-refractivity contribution in [3.8, 4) is 17.2 Å². The van der Waals surface area contributed by atoms with Crippen LogP contribution in [0, 0.1) is 11.3 Å². The molecular weight excluding hydrogens is 538 g/mol. The first-order chi connectivity index (χ1) is 19.7. The van der Waals surface area contributed by atoms with E-state index in [0.717, 1.165) is 55.2 Å². The van der Waals surface area contributed by atoms with E-state index in [1.807, 2.05) is 24.3 Å². The van der Waals surface area contributed by atoms with Gasteiger partial charge in [-0.05, 0) is 41.8 Å². The summed E-state index contributed by atoms with van der Waals surface area (Å²) in [6.07, 6.45) is 6.50. The lowest BCUT2D eigenvalue weighted by molar-refractivity contribution is -0.123. The van der Waals surface area contributed by atoms with Gasteiger partial charge in [0.25, 0.3) is 0 Å². The number of ether oxygens (including phenoxy) is 1. The molecule has 8 bridgehead atoms. The van der Waals surface area contributed by atoms with Crippen LogP contribution in [0.3, 0.4) is 0 Å². The van der Waals surface area contributed by atoms with Crippen molar-refractivity contribution in [2.75, 3.05) is 63.1 Å². The molecule has 1 saturated heterocycles. The number of carbonyl (C=O) groups excluding carboxylic acids is 1. The average molecular weight is 576 g/mol. The predicted octanol–water partition coefficient (Wildman–Crippen LogP) is 2.74. The van der Waals surface area contributed by atoms with Crippen LogP contribution >= 0.6 is 13.5 Å². The van der Waals surface area contributed by atoms with Crippen LogP contribution in [-0.4, -0.2) is 89.2 Å². The second kappa shape index (κ2) is 15.3. The number of carbonyl (C=O) groups is 1. The van der Waals surface area contributed by atoms with Gasteiger partial charge >= 0.3 is 0 Å². The zero-order chi connectivity index (χ0) is 27.6. The molecule has 12 heteroatoms. The third-order valence-corrected chi connectivity index (χ3v) is 7.01. The SMILES string of the molecule is N#CCCOCC1CN2CCN1Cc1cccc(c1)Nc1cc(ccn1)-c1cnc(nc1)NCCCNC(=O)C2.S. The minimum atomic E-state index is 0. The Kier molecular flexibility index (Phi) is 11.3. The summed E-state index contributed by atoms with van der Waals surface area (Å²) < 4.78 is 5.85. The Morgan fingerprint density at radius 1 is 1.02 bits per heavy atom. The molecule has 1 aromatic carbocycles. The third kappa shape index (κ3) is 8.86. The number of pyridine rings is 1. The van der Waals surface area contributed by atoms with Gasteiger partial charge in [0, 0.05) is 75.2 Å². The molecule has 216 valence electrons. The monoisotopic (exact) mass is 575 g/mol. The number of nitrogens with zero attached hydrogens (tertiary/aromatic N) is 6. The Labute approximate surface area is 247 Å². The molecule has 0 saturated carbocycles. The van der Waals surface area contributed by atoms with E-state index in [1.165, 1.54) is 5.56 Å². The first kappa shape index (κ1) is 30.2. The standard InChI is InChI=1S/C29H35N9O2.H2S/c30-7-2-13-40-21-26-19-37-11-12-38(26)18-22-4-1-5-25(14-22)36-27-15-23(6-10-31-27)24-16-34-29(35-17-24)33-9-3-8-32-28(39)20-37;/h1,4-6,10,14-17,26H,2-3,8-9,11-13,18-21H2,(H,31,36)(H,32,39)(H,33,34,35);1H2.